The number of amides is 1. The van der Waals surface area contributed by atoms with E-state index < -0.39 is 6.04 Å². The number of benzene rings is 2. The first kappa shape index (κ1) is 21.3. The van der Waals surface area contributed by atoms with Gasteiger partial charge < -0.3 is 14.8 Å². The molecular weight excluding hydrogens is 354 g/mol. The van der Waals surface area contributed by atoms with E-state index in [2.05, 4.69) is 16.7 Å². The monoisotopic (exact) mass is 381 g/mol. The molecule has 2 aromatic carbocycles. The van der Waals surface area contributed by atoms with Gasteiger partial charge in [0.25, 0.3) is 0 Å². The van der Waals surface area contributed by atoms with Gasteiger partial charge in [0.2, 0.25) is 5.91 Å². The number of carbonyl (C=O) groups excluding carboxylic acids is 1. The molecule has 0 aromatic heterocycles. The van der Waals surface area contributed by atoms with Gasteiger partial charge in [-0.05, 0) is 57.5 Å². The quantitative estimate of drug-likeness (QED) is 0.685. The Balaban J connectivity index is 2.06. The van der Waals surface area contributed by atoms with Gasteiger partial charge in [-0.2, -0.15) is 5.26 Å². The van der Waals surface area contributed by atoms with Crippen molar-refractivity contribution >= 4 is 11.6 Å². The van der Waals surface area contributed by atoms with Crippen molar-refractivity contribution in [3.05, 3.63) is 53.6 Å². The number of carbonyl (C=O) groups is 1. The maximum absolute atomic E-state index is 12.5. The Hall–Kier alpha value is -3.04. The van der Waals surface area contributed by atoms with E-state index in [4.69, 9.17) is 14.7 Å². The lowest BCUT2D eigenvalue weighted by atomic mass is 10.1. The van der Waals surface area contributed by atoms with E-state index in [1.807, 2.05) is 39.0 Å². The standard InChI is InChI=1S/C22H27N3O3/c1-5-27-20-12-11-17(13-21(20)28-6-2)15(3)24-16(4)22(26)25-19-10-8-7-9-18(19)14-23/h7-13,15-16,24H,5-6H2,1-4H3,(H,25,26)/t15-,16+/m0/s1. The van der Waals surface area contributed by atoms with Crippen LogP contribution in [0.3, 0.4) is 0 Å². The molecule has 2 rings (SSSR count). The predicted octanol–water partition coefficient (Wildman–Crippen LogP) is 4.03. The number of nitrogens with one attached hydrogen (secondary N) is 2. The number of hydrogen-bond acceptors (Lipinski definition) is 5. The van der Waals surface area contributed by atoms with E-state index in [1.165, 1.54) is 0 Å². The molecular formula is C22H27N3O3. The summed E-state index contributed by atoms with van der Waals surface area (Å²) < 4.78 is 11.3. The lowest BCUT2D eigenvalue weighted by Gasteiger charge is -2.21. The maximum Gasteiger partial charge on any atom is 0.241 e. The summed E-state index contributed by atoms with van der Waals surface area (Å²) in [5, 5.41) is 15.2. The Kier molecular flexibility index (Phi) is 7.85. The Labute approximate surface area is 166 Å². The van der Waals surface area contributed by atoms with E-state index in [1.54, 1.807) is 31.2 Å². The van der Waals surface area contributed by atoms with Gasteiger partial charge in [-0.1, -0.05) is 18.2 Å². The number of nitrogens with zero attached hydrogens (tertiary/aromatic N) is 1. The van der Waals surface area contributed by atoms with Gasteiger partial charge in [0.1, 0.15) is 6.07 Å². The SMILES string of the molecule is CCOc1ccc([C@H](C)N[C@H](C)C(=O)Nc2ccccc2C#N)cc1OCC. The summed E-state index contributed by atoms with van der Waals surface area (Å²) in [7, 11) is 0. The van der Waals surface area contributed by atoms with Crippen LogP contribution >= 0.6 is 0 Å². The molecule has 0 unspecified atom stereocenters. The van der Waals surface area contributed by atoms with Crippen LogP contribution in [0.4, 0.5) is 5.69 Å². The zero-order chi connectivity index (χ0) is 20.5. The summed E-state index contributed by atoms with van der Waals surface area (Å²) in [4.78, 5) is 12.5. The van der Waals surface area contributed by atoms with Crippen molar-refractivity contribution in [1.29, 1.82) is 5.26 Å². The first-order chi connectivity index (χ1) is 13.5. The van der Waals surface area contributed by atoms with Crippen LogP contribution in [0.25, 0.3) is 0 Å². The Morgan fingerprint density at radius 2 is 1.75 bits per heavy atom. The highest BCUT2D eigenvalue weighted by Gasteiger charge is 2.18. The van der Waals surface area contributed by atoms with Crippen molar-refractivity contribution in [2.75, 3.05) is 18.5 Å². The Morgan fingerprint density at radius 3 is 2.43 bits per heavy atom. The molecule has 0 saturated carbocycles. The van der Waals surface area contributed by atoms with Crippen molar-refractivity contribution in [3.8, 4) is 17.6 Å². The summed E-state index contributed by atoms with van der Waals surface area (Å²) in [6, 6.07) is 14.3. The van der Waals surface area contributed by atoms with Gasteiger partial charge in [-0.15, -0.1) is 0 Å². The third kappa shape index (κ3) is 5.48. The lowest BCUT2D eigenvalue weighted by molar-refractivity contribution is -0.117. The van der Waals surface area contributed by atoms with Crippen molar-refractivity contribution in [2.45, 2.75) is 39.8 Å². The fourth-order valence-electron chi connectivity index (χ4n) is 2.81. The zero-order valence-electron chi connectivity index (χ0n) is 16.8. The highest BCUT2D eigenvalue weighted by atomic mass is 16.5. The zero-order valence-corrected chi connectivity index (χ0v) is 16.8. The molecule has 28 heavy (non-hydrogen) atoms. The van der Waals surface area contributed by atoms with Crippen LogP contribution in [0.2, 0.25) is 0 Å². The van der Waals surface area contributed by atoms with Crippen LogP contribution < -0.4 is 20.1 Å². The van der Waals surface area contributed by atoms with Gasteiger partial charge in [0.15, 0.2) is 11.5 Å². The molecule has 2 N–H and O–H groups in total. The fraction of sp³-hybridized carbons (Fsp3) is 0.364. The van der Waals surface area contributed by atoms with Gasteiger partial charge in [0.05, 0.1) is 30.5 Å². The van der Waals surface area contributed by atoms with Crippen LogP contribution in [0.5, 0.6) is 11.5 Å². The molecule has 6 nitrogen and oxygen atoms in total. The van der Waals surface area contributed by atoms with Crippen LogP contribution in [0.15, 0.2) is 42.5 Å². The van der Waals surface area contributed by atoms with Crippen LogP contribution in [-0.2, 0) is 4.79 Å². The molecule has 2 atom stereocenters. The molecule has 0 aliphatic heterocycles. The highest BCUT2D eigenvalue weighted by molar-refractivity contribution is 5.95. The molecule has 0 spiro atoms. The van der Waals surface area contributed by atoms with Crippen molar-refractivity contribution in [1.82, 2.24) is 5.32 Å². The minimum absolute atomic E-state index is 0.0816. The molecule has 0 saturated heterocycles. The fourth-order valence-corrected chi connectivity index (χ4v) is 2.81. The van der Waals surface area contributed by atoms with Crippen LogP contribution in [0.1, 0.15) is 44.9 Å². The molecule has 1 amide bonds. The van der Waals surface area contributed by atoms with Gasteiger partial charge in [0, 0.05) is 6.04 Å². The maximum atomic E-state index is 12.5. The lowest BCUT2D eigenvalue weighted by Crippen LogP contribution is -2.39. The molecule has 0 bridgehead atoms. The summed E-state index contributed by atoms with van der Waals surface area (Å²) in [5.41, 5.74) is 1.93. The normalized spacial score (nSPS) is 12.5. The Morgan fingerprint density at radius 1 is 1.07 bits per heavy atom. The topological polar surface area (TPSA) is 83.4 Å². The summed E-state index contributed by atoms with van der Waals surface area (Å²) in [5.74, 6) is 1.19. The van der Waals surface area contributed by atoms with Crippen LogP contribution in [0, 0.1) is 11.3 Å². The van der Waals surface area contributed by atoms with Crippen LogP contribution in [-0.4, -0.2) is 25.2 Å². The third-order valence-electron chi connectivity index (χ3n) is 4.27. The number of nitriles is 1. The molecule has 0 heterocycles. The summed E-state index contributed by atoms with van der Waals surface area (Å²) in [6.07, 6.45) is 0. The van der Waals surface area contributed by atoms with Crippen molar-refractivity contribution in [3.63, 3.8) is 0 Å². The highest BCUT2D eigenvalue weighted by Crippen LogP contribution is 2.30. The molecule has 0 fully saturated rings. The van der Waals surface area contributed by atoms with E-state index in [0.29, 0.717) is 36.0 Å². The molecule has 0 aliphatic carbocycles. The van der Waals surface area contributed by atoms with E-state index >= 15 is 0 Å². The summed E-state index contributed by atoms with van der Waals surface area (Å²) >= 11 is 0. The number of rotatable bonds is 9. The molecule has 0 aliphatic rings. The molecule has 6 heteroatoms. The largest absolute Gasteiger partial charge is 0.490 e. The van der Waals surface area contributed by atoms with Gasteiger partial charge in [-0.25, -0.2) is 0 Å². The molecule has 0 radical (unpaired) electrons. The van der Waals surface area contributed by atoms with E-state index in [0.717, 1.165) is 5.56 Å². The average Bonchev–Trinajstić information content (AvgIpc) is 2.69. The second kappa shape index (κ2) is 10.3. The number of anilines is 1. The minimum Gasteiger partial charge on any atom is -0.490 e. The second-order valence-electron chi connectivity index (χ2n) is 6.33. The Bertz CT molecular complexity index is 845. The van der Waals surface area contributed by atoms with E-state index in [9.17, 15) is 4.79 Å². The average molecular weight is 381 g/mol. The molecule has 2 aromatic rings. The second-order valence-corrected chi connectivity index (χ2v) is 6.33. The first-order valence-electron chi connectivity index (χ1n) is 9.45. The third-order valence-corrected chi connectivity index (χ3v) is 4.27. The van der Waals surface area contributed by atoms with Crippen molar-refractivity contribution in [2.24, 2.45) is 0 Å². The molecule has 148 valence electrons. The first-order valence-corrected chi connectivity index (χ1v) is 9.45. The van der Waals surface area contributed by atoms with Gasteiger partial charge in [-0.3, -0.25) is 10.1 Å². The smallest absolute Gasteiger partial charge is 0.241 e. The van der Waals surface area contributed by atoms with Crippen molar-refractivity contribution < 1.29 is 14.3 Å². The number of para-hydroxylation sites is 1. The minimum atomic E-state index is -0.455. The summed E-state index contributed by atoms with van der Waals surface area (Å²) in [6.45, 7) is 8.74. The number of ether oxygens (including phenoxy) is 2. The van der Waals surface area contributed by atoms with E-state index in [-0.39, 0.29) is 11.9 Å². The number of hydrogen-bond donors (Lipinski definition) is 2. The predicted molar refractivity (Wildman–Crippen MR) is 110 cm³/mol. The van der Waals surface area contributed by atoms with Gasteiger partial charge >= 0.3 is 0 Å².